The van der Waals surface area contributed by atoms with Crippen LogP contribution in [0.4, 0.5) is 8.78 Å². The Morgan fingerprint density at radius 2 is 1.90 bits per heavy atom. The molecule has 1 heterocycles. The molecule has 0 spiro atoms. The van der Waals surface area contributed by atoms with Crippen molar-refractivity contribution in [1.82, 2.24) is 10.3 Å². The van der Waals surface area contributed by atoms with Crippen molar-refractivity contribution in [3.63, 3.8) is 0 Å². The van der Waals surface area contributed by atoms with Crippen LogP contribution in [0.3, 0.4) is 0 Å². The number of hydrogen-bond donors (Lipinski definition) is 1. The van der Waals surface area contributed by atoms with Crippen molar-refractivity contribution >= 4 is 0 Å². The zero-order valence-corrected chi connectivity index (χ0v) is 11.6. The maximum absolute atomic E-state index is 13.0. The lowest BCUT2D eigenvalue weighted by Gasteiger charge is -2.07. The number of pyridine rings is 1. The Morgan fingerprint density at radius 1 is 1.14 bits per heavy atom. The fraction of sp³-hybridized carbons (Fsp3) is 0.267. The summed E-state index contributed by atoms with van der Waals surface area (Å²) in [5.41, 5.74) is 0.976. The van der Waals surface area contributed by atoms with Crippen LogP contribution in [0.15, 0.2) is 36.5 Å². The van der Waals surface area contributed by atoms with Crippen LogP contribution in [0.5, 0.6) is 11.6 Å². The minimum absolute atomic E-state index is 0.0750. The van der Waals surface area contributed by atoms with Crippen molar-refractivity contribution in [3.05, 3.63) is 53.7 Å². The molecule has 0 bridgehead atoms. The molecular weight excluding hydrogens is 278 g/mol. The van der Waals surface area contributed by atoms with Crippen LogP contribution in [0.25, 0.3) is 0 Å². The molecule has 4 nitrogen and oxygen atoms in total. The molecule has 0 atom stereocenters. The van der Waals surface area contributed by atoms with Gasteiger partial charge < -0.3 is 14.8 Å². The first-order valence-electron chi connectivity index (χ1n) is 6.46. The van der Waals surface area contributed by atoms with Crippen LogP contribution in [0.2, 0.25) is 0 Å². The Balaban J connectivity index is 1.92. The highest BCUT2D eigenvalue weighted by Gasteiger charge is 2.04. The van der Waals surface area contributed by atoms with Gasteiger partial charge in [0.1, 0.15) is 17.4 Å². The molecule has 1 N–H and O–H groups in total. The highest BCUT2D eigenvalue weighted by atomic mass is 19.1. The summed E-state index contributed by atoms with van der Waals surface area (Å²) in [6.07, 6.45) is 1.64. The van der Waals surface area contributed by atoms with Crippen LogP contribution < -0.4 is 10.1 Å². The van der Waals surface area contributed by atoms with E-state index < -0.39 is 11.6 Å². The van der Waals surface area contributed by atoms with Gasteiger partial charge >= 0.3 is 0 Å². The van der Waals surface area contributed by atoms with Gasteiger partial charge in [0.25, 0.3) is 0 Å². The second-order valence-corrected chi connectivity index (χ2v) is 4.38. The number of methoxy groups -OCH3 is 1. The molecule has 6 heteroatoms. The lowest BCUT2D eigenvalue weighted by molar-refractivity contribution is 0.199. The van der Waals surface area contributed by atoms with Crippen molar-refractivity contribution in [2.24, 2.45) is 0 Å². The smallest absolute Gasteiger partial charge is 0.219 e. The molecule has 1 aromatic heterocycles. The Morgan fingerprint density at radius 3 is 2.52 bits per heavy atom. The Kier molecular flexibility index (Phi) is 5.59. The van der Waals surface area contributed by atoms with Gasteiger partial charge in [-0.2, -0.15) is 0 Å². The molecule has 0 aliphatic rings. The van der Waals surface area contributed by atoms with Gasteiger partial charge in [0.05, 0.1) is 6.61 Å². The highest BCUT2D eigenvalue weighted by molar-refractivity contribution is 5.29. The van der Waals surface area contributed by atoms with E-state index in [9.17, 15) is 8.78 Å². The molecule has 0 aliphatic heterocycles. The Hall–Kier alpha value is -2.05. The topological polar surface area (TPSA) is 43.4 Å². The molecule has 21 heavy (non-hydrogen) atoms. The van der Waals surface area contributed by atoms with Gasteiger partial charge in [-0.25, -0.2) is 13.8 Å². The molecule has 112 valence electrons. The van der Waals surface area contributed by atoms with Gasteiger partial charge in [0.2, 0.25) is 5.88 Å². The van der Waals surface area contributed by atoms with Crippen LogP contribution in [-0.2, 0) is 11.3 Å². The van der Waals surface area contributed by atoms with Gasteiger partial charge in [0, 0.05) is 50.7 Å². The summed E-state index contributed by atoms with van der Waals surface area (Å²) in [6, 6.07) is 6.47. The van der Waals surface area contributed by atoms with E-state index in [0.717, 1.165) is 30.3 Å². The van der Waals surface area contributed by atoms with E-state index in [2.05, 4.69) is 10.3 Å². The van der Waals surface area contributed by atoms with Crippen molar-refractivity contribution in [2.45, 2.75) is 6.54 Å². The van der Waals surface area contributed by atoms with Gasteiger partial charge in [0.15, 0.2) is 0 Å². The average Bonchev–Trinajstić information content (AvgIpc) is 2.44. The molecule has 0 unspecified atom stereocenters. The number of ether oxygens (including phenoxy) is 2. The van der Waals surface area contributed by atoms with E-state index in [0.29, 0.717) is 13.2 Å². The third-order valence-electron chi connectivity index (χ3n) is 2.67. The fourth-order valence-electron chi connectivity index (χ4n) is 1.69. The molecule has 0 saturated carbocycles. The van der Waals surface area contributed by atoms with Crippen LogP contribution in [0.1, 0.15) is 5.56 Å². The summed E-state index contributed by atoms with van der Waals surface area (Å²) in [4.78, 5) is 4.09. The lowest BCUT2D eigenvalue weighted by atomic mass is 10.3. The summed E-state index contributed by atoms with van der Waals surface area (Å²) in [5, 5.41) is 3.18. The molecule has 0 saturated heterocycles. The summed E-state index contributed by atoms with van der Waals surface area (Å²) in [5.74, 6) is -1.03. The van der Waals surface area contributed by atoms with E-state index in [-0.39, 0.29) is 11.6 Å². The van der Waals surface area contributed by atoms with Crippen molar-refractivity contribution in [1.29, 1.82) is 0 Å². The van der Waals surface area contributed by atoms with Gasteiger partial charge in [-0.1, -0.05) is 6.07 Å². The van der Waals surface area contributed by atoms with Crippen LogP contribution in [0, 0.1) is 11.6 Å². The lowest BCUT2D eigenvalue weighted by Crippen LogP contribution is -2.18. The molecule has 0 aliphatic carbocycles. The predicted octanol–water partition coefficient (Wildman–Crippen LogP) is 2.89. The first kappa shape index (κ1) is 15.3. The number of nitrogens with zero attached hydrogens (tertiary/aromatic N) is 1. The Labute approximate surface area is 121 Å². The zero-order chi connectivity index (χ0) is 15.1. The van der Waals surface area contributed by atoms with E-state index in [1.54, 1.807) is 19.4 Å². The van der Waals surface area contributed by atoms with Gasteiger partial charge in [-0.15, -0.1) is 0 Å². The number of nitrogens with one attached hydrogen (secondary N) is 1. The first-order valence-corrected chi connectivity index (χ1v) is 6.46. The predicted molar refractivity (Wildman–Crippen MR) is 74.3 cm³/mol. The summed E-state index contributed by atoms with van der Waals surface area (Å²) >= 11 is 0. The summed E-state index contributed by atoms with van der Waals surface area (Å²) in [6.45, 7) is 2.04. The van der Waals surface area contributed by atoms with Gasteiger partial charge in [-0.3, -0.25) is 0 Å². The third-order valence-corrected chi connectivity index (χ3v) is 2.67. The summed E-state index contributed by atoms with van der Waals surface area (Å²) in [7, 11) is 1.64. The zero-order valence-electron chi connectivity index (χ0n) is 11.6. The minimum atomic E-state index is -0.691. The third kappa shape index (κ3) is 5.09. The molecule has 0 radical (unpaired) electrons. The maximum Gasteiger partial charge on any atom is 0.219 e. The Bertz CT molecular complexity index is 556. The molecule has 1 aromatic carbocycles. The SMILES string of the molecule is COCCNCc1ccc(Oc2cc(F)cc(F)c2)nc1. The van der Waals surface area contributed by atoms with E-state index in [1.165, 1.54) is 0 Å². The van der Waals surface area contributed by atoms with E-state index in [4.69, 9.17) is 9.47 Å². The summed E-state index contributed by atoms with van der Waals surface area (Å²) < 4.78 is 36.3. The standard InChI is InChI=1S/C15H16F2N2O2/c1-20-5-4-18-9-11-2-3-15(19-10-11)21-14-7-12(16)6-13(17)8-14/h2-3,6-8,10,18H,4-5,9H2,1H3. The van der Waals surface area contributed by atoms with E-state index in [1.807, 2.05) is 6.07 Å². The number of aromatic nitrogens is 1. The highest BCUT2D eigenvalue weighted by Crippen LogP contribution is 2.21. The molecule has 0 amide bonds. The normalized spacial score (nSPS) is 10.6. The molecule has 0 fully saturated rings. The number of benzene rings is 1. The van der Waals surface area contributed by atoms with Crippen molar-refractivity contribution in [2.75, 3.05) is 20.3 Å². The average molecular weight is 294 g/mol. The van der Waals surface area contributed by atoms with Crippen LogP contribution in [-0.4, -0.2) is 25.2 Å². The molecule has 2 aromatic rings. The van der Waals surface area contributed by atoms with Crippen LogP contribution >= 0.6 is 0 Å². The second kappa shape index (κ2) is 7.66. The number of hydrogen-bond acceptors (Lipinski definition) is 4. The minimum Gasteiger partial charge on any atom is -0.439 e. The van der Waals surface area contributed by atoms with Gasteiger partial charge in [-0.05, 0) is 5.56 Å². The number of halogens is 2. The number of rotatable bonds is 7. The van der Waals surface area contributed by atoms with Crippen molar-refractivity contribution < 1.29 is 18.3 Å². The largest absolute Gasteiger partial charge is 0.439 e. The monoisotopic (exact) mass is 294 g/mol. The molecule has 2 rings (SSSR count). The quantitative estimate of drug-likeness (QED) is 0.797. The van der Waals surface area contributed by atoms with Crippen molar-refractivity contribution in [3.8, 4) is 11.6 Å². The maximum atomic E-state index is 13.0. The molecular formula is C15H16F2N2O2. The second-order valence-electron chi connectivity index (χ2n) is 4.38. The first-order chi connectivity index (χ1) is 10.2. The van der Waals surface area contributed by atoms with E-state index >= 15 is 0 Å². The fourth-order valence-corrected chi connectivity index (χ4v) is 1.69.